The maximum Gasteiger partial charge on any atom is 0.265 e. The number of benzene rings is 3. The van der Waals surface area contributed by atoms with Crippen molar-refractivity contribution in [2.75, 3.05) is 49.8 Å². The number of nitrogens with zero attached hydrogens (tertiary/aromatic N) is 3. The molecule has 1 unspecified atom stereocenters. The minimum absolute atomic E-state index is 0.295. The molecule has 1 atom stereocenters. The number of hydrogen-bond donors (Lipinski definition) is 1. The normalized spacial score (nSPS) is 20.1. The van der Waals surface area contributed by atoms with Crippen LogP contribution >= 0.6 is 0 Å². The molecule has 3 aromatic rings. The average molecular weight is 472 g/mol. The Labute approximate surface area is 205 Å². The van der Waals surface area contributed by atoms with Crippen LogP contribution in [0.4, 0.5) is 11.4 Å². The Morgan fingerprint density at radius 2 is 1.57 bits per heavy atom. The van der Waals surface area contributed by atoms with E-state index in [9.17, 15) is 14.7 Å². The van der Waals surface area contributed by atoms with Gasteiger partial charge >= 0.3 is 0 Å². The zero-order valence-electron chi connectivity index (χ0n) is 19.8. The van der Waals surface area contributed by atoms with E-state index in [0.29, 0.717) is 29.2 Å². The van der Waals surface area contributed by atoms with Gasteiger partial charge in [0.05, 0.1) is 25.9 Å². The molecule has 1 saturated heterocycles. The lowest BCUT2D eigenvalue weighted by Gasteiger charge is -2.38. The van der Waals surface area contributed by atoms with Crippen molar-refractivity contribution in [2.24, 2.45) is 0 Å². The van der Waals surface area contributed by atoms with Gasteiger partial charge < -0.3 is 14.7 Å². The molecule has 35 heavy (non-hydrogen) atoms. The Balaban J connectivity index is 1.31. The van der Waals surface area contributed by atoms with Gasteiger partial charge in [-0.1, -0.05) is 36.4 Å². The first kappa shape index (κ1) is 23.1. The second kappa shape index (κ2) is 9.52. The zero-order valence-corrected chi connectivity index (χ0v) is 19.8. The number of aliphatic hydroxyl groups is 1. The van der Waals surface area contributed by atoms with Crippen LogP contribution in [0.3, 0.4) is 0 Å². The molecule has 0 aliphatic carbocycles. The Hall–Kier alpha value is -3.68. The molecule has 1 fully saturated rings. The molecular weight excluding hydrogens is 442 g/mol. The van der Waals surface area contributed by atoms with Crippen molar-refractivity contribution in [1.82, 2.24) is 4.90 Å². The van der Waals surface area contributed by atoms with Crippen molar-refractivity contribution >= 4 is 23.1 Å². The van der Waals surface area contributed by atoms with E-state index in [-0.39, 0.29) is 12.2 Å². The Morgan fingerprint density at radius 1 is 0.914 bits per heavy atom. The maximum atomic E-state index is 13.6. The number of hydrogen-bond acceptors (Lipinski definition) is 6. The molecule has 1 N–H and O–H groups in total. The van der Waals surface area contributed by atoms with Crippen molar-refractivity contribution < 1.29 is 19.4 Å². The average Bonchev–Trinajstić information content (AvgIpc) is 3.11. The van der Waals surface area contributed by atoms with E-state index < -0.39 is 11.5 Å². The number of anilines is 2. The van der Waals surface area contributed by atoms with Crippen molar-refractivity contribution in [3.63, 3.8) is 0 Å². The van der Waals surface area contributed by atoms with Crippen LogP contribution in [0.2, 0.25) is 0 Å². The van der Waals surface area contributed by atoms with Crippen LogP contribution in [0, 0.1) is 0 Å². The monoisotopic (exact) mass is 471 g/mol. The van der Waals surface area contributed by atoms with Crippen LogP contribution in [0.1, 0.15) is 22.3 Å². The number of rotatable bonds is 7. The fourth-order valence-corrected chi connectivity index (χ4v) is 4.92. The van der Waals surface area contributed by atoms with E-state index in [2.05, 4.69) is 21.9 Å². The number of piperazine rings is 1. The molecule has 0 aromatic heterocycles. The molecule has 180 valence electrons. The molecule has 0 radical (unpaired) electrons. The van der Waals surface area contributed by atoms with Gasteiger partial charge in [-0.15, -0.1) is 0 Å². The van der Waals surface area contributed by atoms with Crippen molar-refractivity contribution in [3.8, 4) is 5.75 Å². The van der Waals surface area contributed by atoms with Gasteiger partial charge in [-0.05, 0) is 42.5 Å². The summed E-state index contributed by atoms with van der Waals surface area (Å²) in [5.74, 6) is -0.108. The third-order valence-electron chi connectivity index (χ3n) is 6.90. The Morgan fingerprint density at radius 3 is 2.26 bits per heavy atom. The summed E-state index contributed by atoms with van der Waals surface area (Å²) in [5.41, 5.74) is 0.878. The molecule has 0 spiro atoms. The lowest BCUT2D eigenvalue weighted by Crippen LogP contribution is -2.52. The van der Waals surface area contributed by atoms with Gasteiger partial charge in [0.15, 0.2) is 11.4 Å². The molecule has 2 aliphatic rings. The lowest BCUT2D eigenvalue weighted by atomic mass is 9.88. The quantitative estimate of drug-likeness (QED) is 0.533. The van der Waals surface area contributed by atoms with E-state index in [4.69, 9.17) is 4.74 Å². The van der Waals surface area contributed by atoms with Crippen LogP contribution in [0.25, 0.3) is 0 Å². The fraction of sp³-hybridized carbons (Fsp3) is 0.286. The molecule has 0 saturated carbocycles. The Bertz CT molecular complexity index is 1210. The molecule has 0 bridgehead atoms. The van der Waals surface area contributed by atoms with Crippen LogP contribution in [-0.4, -0.2) is 61.7 Å². The third kappa shape index (κ3) is 4.40. The minimum Gasteiger partial charge on any atom is -0.497 e. The zero-order chi connectivity index (χ0) is 24.4. The summed E-state index contributed by atoms with van der Waals surface area (Å²) in [5, 5.41) is 11.6. The van der Waals surface area contributed by atoms with Gasteiger partial charge in [0.2, 0.25) is 0 Å². The highest BCUT2D eigenvalue weighted by atomic mass is 16.5. The number of amides is 1. The first-order valence-electron chi connectivity index (χ1n) is 11.8. The summed E-state index contributed by atoms with van der Waals surface area (Å²) in [6.45, 7) is 3.67. The van der Waals surface area contributed by atoms with Crippen LogP contribution in [0.15, 0.2) is 78.9 Å². The first-order valence-corrected chi connectivity index (χ1v) is 11.8. The second-order valence-electron chi connectivity index (χ2n) is 9.02. The second-order valence-corrected chi connectivity index (χ2v) is 9.02. The van der Waals surface area contributed by atoms with Gasteiger partial charge in [0, 0.05) is 43.0 Å². The largest absolute Gasteiger partial charge is 0.497 e. The number of carbonyl (C=O) groups is 2. The minimum atomic E-state index is -1.89. The van der Waals surface area contributed by atoms with E-state index in [1.165, 1.54) is 5.69 Å². The number of ether oxygens (including phenoxy) is 1. The van der Waals surface area contributed by atoms with Crippen molar-refractivity contribution in [2.45, 2.75) is 12.0 Å². The number of methoxy groups -OCH3 is 1. The van der Waals surface area contributed by atoms with Gasteiger partial charge in [-0.25, -0.2) is 0 Å². The van der Waals surface area contributed by atoms with Crippen LogP contribution in [0.5, 0.6) is 5.75 Å². The van der Waals surface area contributed by atoms with Gasteiger partial charge in [-0.2, -0.15) is 0 Å². The maximum absolute atomic E-state index is 13.6. The van der Waals surface area contributed by atoms with Crippen LogP contribution < -0.4 is 14.5 Å². The molecular formula is C28H29N3O4. The molecule has 7 heteroatoms. The number of Topliss-reactive ketones (excluding diaryl/α,β-unsaturated/α-hetero) is 1. The van der Waals surface area contributed by atoms with Crippen molar-refractivity contribution in [3.05, 3.63) is 90.0 Å². The first-order chi connectivity index (χ1) is 17.0. The van der Waals surface area contributed by atoms with E-state index in [0.717, 1.165) is 26.2 Å². The summed E-state index contributed by atoms with van der Waals surface area (Å²) >= 11 is 0. The molecule has 2 aliphatic heterocycles. The summed E-state index contributed by atoms with van der Waals surface area (Å²) in [7, 11) is 1.56. The highest BCUT2D eigenvalue weighted by Crippen LogP contribution is 2.43. The van der Waals surface area contributed by atoms with Gasteiger partial charge in [0.1, 0.15) is 5.75 Å². The molecule has 5 rings (SSSR count). The number of carbonyl (C=O) groups excluding carboxylic acids is 2. The smallest absolute Gasteiger partial charge is 0.265 e. The standard InChI is InChI=1S/C28H29N3O4/c1-35-23-13-11-21(12-14-23)26(32)19-28(34)24-9-5-6-10-25(24)31(27(28)33)20-29-15-17-30(18-16-29)22-7-3-2-4-8-22/h2-14,34H,15-20H2,1H3. The number of fused-ring (bicyclic) bond motifs is 1. The predicted octanol–water partition coefficient (Wildman–Crippen LogP) is 3.28. The molecule has 3 aromatic carbocycles. The fourth-order valence-electron chi connectivity index (χ4n) is 4.92. The summed E-state index contributed by atoms with van der Waals surface area (Å²) in [6.07, 6.45) is -0.312. The molecule has 7 nitrogen and oxygen atoms in total. The van der Waals surface area contributed by atoms with E-state index >= 15 is 0 Å². The van der Waals surface area contributed by atoms with E-state index in [1.54, 1.807) is 48.4 Å². The topological polar surface area (TPSA) is 73.3 Å². The summed E-state index contributed by atoms with van der Waals surface area (Å²) < 4.78 is 5.15. The highest BCUT2D eigenvalue weighted by molar-refractivity contribution is 6.10. The SMILES string of the molecule is COc1ccc(C(=O)CC2(O)C(=O)N(CN3CCN(c4ccccc4)CC3)c3ccccc32)cc1. The third-order valence-corrected chi connectivity index (χ3v) is 6.90. The summed E-state index contributed by atoms with van der Waals surface area (Å²) in [4.78, 5) is 32.8. The van der Waals surface area contributed by atoms with E-state index in [1.807, 2.05) is 30.3 Å². The molecule has 2 heterocycles. The predicted molar refractivity (Wildman–Crippen MR) is 135 cm³/mol. The molecule has 1 amide bonds. The van der Waals surface area contributed by atoms with Gasteiger partial charge in [0.25, 0.3) is 5.91 Å². The lowest BCUT2D eigenvalue weighted by molar-refractivity contribution is -0.136. The summed E-state index contributed by atoms with van der Waals surface area (Å²) in [6, 6.07) is 24.2. The van der Waals surface area contributed by atoms with Crippen LogP contribution in [-0.2, 0) is 10.4 Å². The van der Waals surface area contributed by atoms with Gasteiger partial charge in [-0.3, -0.25) is 19.4 Å². The number of para-hydroxylation sites is 2. The Kier molecular flexibility index (Phi) is 6.28. The number of ketones is 1. The highest BCUT2D eigenvalue weighted by Gasteiger charge is 2.51. The van der Waals surface area contributed by atoms with Crippen molar-refractivity contribution in [1.29, 1.82) is 0 Å².